The average molecular weight is 312 g/mol. The molecule has 0 spiro atoms. The highest BCUT2D eigenvalue weighted by atomic mass is 16.5. The molecule has 1 atom stereocenters. The number of hydrogen-bond donors (Lipinski definition) is 1. The van der Waals surface area contributed by atoms with Crippen molar-refractivity contribution in [2.24, 2.45) is 0 Å². The minimum atomic E-state index is 0.264. The summed E-state index contributed by atoms with van der Waals surface area (Å²) in [6.07, 6.45) is 6.48. The molecule has 3 aromatic rings. The van der Waals surface area contributed by atoms with Crippen LogP contribution in [0.2, 0.25) is 0 Å². The number of nitrogens with one attached hydrogen (secondary N) is 1. The molecular formula is C16H20N6O. The Bertz CT molecular complexity index is 736. The fourth-order valence-corrected chi connectivity index (χ4v) is 2.37. The van der Waals surface area contributed by atoms with E-state index in [1.807, 2.05) is 30.6 Å². The fraction of sp³-hybridized carbons (Fsp3) is 0.375. The van der Waals surface area contributed by atoms with Crippen LogP contribution in [0.3, 0.4) is 0 Å². The van der Waals surface area contributed by atoms with Crippen LogP contribution in [0, 0.1) is 0 Å². The predicted octanol–water partition coefficient (Wildman–Crippen LogP) is 2.07. The van der Waals surface area contributed by atoms with E-state index in [0.717, 1.165) is 18.8 Å². The van der Waals surface area contributed by atoms with Gasteiger partial charge in [0.15, 0.2) is 0 Å². The van der Waals surface area contributed by atoms with E-state index in [1.165, 1.54) is 0 Å². The molecular weight excluding hydrogens is 292 g/mol. The van der Waals surface area contributed by atoms with Crippen molar-refractivity contribution in [2.75, 3.05) is 0 Å². The van der Waals surface area contributed by atoms with E-state index in [4.69, 9.17) is 4.52 Å². The van der Waals surface area contributed by atoms with Gasteiger partial charge in [-0.1, -0.05) is 18.1 Å². The summed E-state index contributed by atoms with van der Waals surface area (Å²) in [4.78, 5) is 12.9. The lowest BCUT2D eigenvalue weighted by atomic mass is 10.3. The van der Waals surface area contributed by atoms with E-state index >= 15 is 0 Å². The molecule has 0 aliphatic rings. The average Bonchev–Trinajstić information content (AvgIpc) is 3.23. The van der Waals surface area contributed by atoms with Crippen LogP contribution in [-0.2, 0) is 19.5 Å². The summed E-state index contributed by atoms with van der Waals surface area (Å²) >= 11 is 0. The normalized spacial score (nSPS) is 12.4. The minimum absolute atomic E-state index is 0.264. The molecule has 7 heteroatoms. The molecule has 0 bridgehead atoms. The Morgan fingerprint density at radius 2 is 2.17 bits per heavy atom. The molecule has 0 aliphatic carbocycles. The third-order valence-corrected chi connectivity index (χ3v) is 3.55. The zero-order chi connectivity index (χ0) is 16.1. The van der Waals surface area contributed by atoms with Gasteiger partial charge in [0.2, 0.25) is 11.7 Å². The van der Waals surface area contributed by atoms with E-state index in [1.54, 1.807) is 6.20 Å². The molecule has 0 unspecified atom stereocenters. The van der Waals surface area contributed by atoms with Gasteiger partial charge in [-0.25, -0.2) is 4.98 Å². The molecule has 120 valence electrons. The molecule has 0 amide bonds. The topological polar surface area (TPSA) is 81.7 Å². The summed E-state index contributed by atoms with van der Waals surface area (Å²) in [5, 5.41) is 7.35. The van der Waals surface area contributed by atoms with Crippen LogP contribution in [0.4, 0.5) is 0 Å². The first kappa shape index (κ1) is 15.4. The predicted molar refractivity (Wildman–Crippen MR) is 85.4 cm³/mol. The number of pyridine rings is 1. The van der Waals surface area contributed by atoms with Gasteiger partial charge in [0, 0.05) is 37.6 Å². The maximum atomic E-state index is 5.27. The molecule has 7 nitrogen and oxygen atoms in total. The molecule has 0 saturated heterocycles. The minimum Gasteiger partial charge on any atom is -0.337 e. The van der Waals surface area contributed by atoms with E-state index in [2.05, 4.69) is 43.8 Å². The lowest BCUT2D eigenvalue weighted by Crippen LogP contribution is -2.30. The SMILES string of the molecule is CCc1nccn1C[C@H](C)NCc1nc(-c2ccccn2)no1. The third-order valence-electron chi connectivity index (χ3n) is 3.55. The highest BCUT2D eigenvalue weighted by molar-refractivity contribution is 5.46. The van der Waals surface area contributed by atoms with Crippen molar-refractivity contribution in [3.8, 4) is 11.5 Å². The van der Waals surface area contributed by atoms with Crippen LogP contribution in [0.15, 0.2) is 41.3 Å². The van der Waals surface area contributed by atoms with Gasteiger partial charge >= 0.3 is 0 Å². The van der Waals surface area contributed by atoms with E-state index in [0.29, 0.717) is 24.0 Å². The molecule has 1 N–H and O–H groups in total. The van der Waals surface area contributed by atoms with Crippen LogP contribution in [0.1, 0.15) is 25.6 Å². The van der Waals surface area contributed by atoms with Gasteiger partial charge in [-0.15, -0.1) is 0 Å². The summed E-state index contributed by atoms with van der Waals surface area (Å²) in [5.74, 6) is 2.16. The number of nitrogens with zero attached hydrogens (tertiary/aromatic N) is 5. The second kappa shape index (κ2) is 7.15. The molecule has 23 heavy (non-hydrogen) atoms. The Balaban J connectivity index is 1.55. The number of imidazole rings is 1. The van der Waals surface area contributed by atoms with Crippen molar-refractivity contribution in [3.63, 3.8) is 0 Å². The Hall–Kier alpha value is -2.54. The number of aryl methyl sites for hydroxylation is 1. The second-order valence-corrected chi connectivity index (χ2v) is 5.36. The monoisotopic (exact) mass is 312 g/mol. The summed E-state index contributed by atoms with van der Waals surface area (Å²) in [6.45, 7) is 5.60. The Morgan fingerprint density at radius 3 is 2.96 bits per heavy atom. The van der Waals surface area contributed by atoms with Crippen molar-refractivity contribution >= 4 is 0 Å². The van der Waals surface area contributed by atoms with Crippen LogP contribution in [-0.4, -0.2) is 30.7 Å². The van der Waals surface area contributed by atoms with E-state index in [9.17, 15) is 0 Å². The molecule has 3 heterocycles. The zero-order valence-corrected chi connectivity index (χ0v) is 13.3. The van der Waals surface area contributed by atoms with Crippen LogP contribution in [0.25, 0.3) is 11.5 Å². The Kier molecular flexibility index (Phi) is 4.77. The van der Waals surface area contributed by atoms with Gasteiger partial charge in [-0.05, 0) is 19.1 Å². The van der Waals surface area contributed by atoms with Gasteiger partial charge in [0.25, 0.3) is 0 Å². The van der Waals surface area contributed by atoms with Crippen molar-refractivity contribution in [1.82, 2.24) is 30.0 Å². The van der Waals surface area contributed by atoms with Crippen LogP contribution >= 0.6 is 0 Å². The van der Waals surface area contributed by atoms with Gasteiger partial charge in [-0.2, -0.15) is 4.98 Å². The molecule has 0 fully saturated rings. The number of rotatable bonds is 7. The smallest absolute Gasteiger partial charge is 0.240 e. The van der Waals surface area contributed by atoms with Gasteiger partial charge < -0.3 is 14.4 Å². The maximum absolute atomic E-state index is 5.27. The van der Waals surface area contributed by atoms with E-state index in [-0.39, 0.29) is 6.04 Å². The van der Waals surface area contributed by atoms with Gasteiger partial charge in [-0.3, -0.25) is 4.98 Å². The maximum Gasteiger partial charge on any atom is 0.240 e. The highest BCUT2D eigenvalue weighted by Gasteiger charge is 2.11. The standard InChI is InChI=1S/C16H20N6O/c1-3-14-18-8-9-22(14)11-12(2)19-10-15-20-16(21-23-15)13-6-4-5-7-17-13/h4-9,12,19H,3,10-11H2,1-2H3/t12-/m0/s1. The van der Waals surface area contributed by atoms with Gasteiger partial charge in [0.05, 0.1) is 6.54 Å². The molecule has 0 aromatic carbocycles. The van der Waals surface area contributed by atoms with E-state index < -0.39 is 0 Å². The number of aromatic nitrogens is 5. The fourth-order valence-electron chi connectivity index (χ4n) is 2.37. The van der Waals surface area contributed by atoms with Crippen molar-refractivity contribution in [3.05, 3.63) is 48.5 Å². The van der Waals surface area contributed by atoms with Gasteiger partial charge in [0.1, 0.15) is 11.5 Å². The van der Waals surface area contributed by atoms with Crippen LogP contribution < -0.4 is 5.32 Å². The quantitative estimate of drug-likeness (QED) is 0.719. The highest BCUT2D eigenvalue weighted by Crippen LogP contribution is 2.11. The second-order valence-electron chi connectivity index (χ2n) is 5.36. The first-order chi connectivity index (χ1) is 11.3. The van der Waals surface area contributed by atoms with Crippen molar-refractivity contribution in [1.29, 1.82) is 0 Å². The summed E-state index contributed by atoms with van der Waals surface area (Å²) in [6, 6.07) is 5.87. The molecule has 3 aromatic heterocycles. The summed E-state index contributed by atoms with van der Waals surface area (Å²) in [7, 11) is 0. The molecule has 3 rings (SSSR count). The summed E-state index contributed by atoms with van der Waals surface area (Å²) < 4.78 is 7.42. The number of hydrogen-bond acceptors (Lipinski definition) is 6. The zero-order valence-electron chi connectivity index (χ0n) is 13.3. The molecule has 0 radical (unpaired) electrons. The lowest BCUT2D eigenvalue weighted by molar-refractivity contribution is 0.352. The van der Waals surface area contributed by atoms with Crippen LogP contribution in [0.5, 0.6) is 0 Å². The van der Waals surface area contributed by atoms with Crippen molar-refractivity contribution < 1.29 is 4.52 Å². The van der Waals surface area contributed by atoms with Crippen molar-refractivity contribution in [2.45, 2.75) is 39.4 Å². The molecule has 0 aliphatic heterocycles. The third kappa shape index (κ3) is 3.81. The summed E-state index contributed by atoms with van der Waals surface area (Å²) in [5.41, 5.74) is 0.710. The first-order valence-electron chi connectivity index (χ1n) is 7.73. The first-order valence-corrected chi connectivity index (χ1v) is 7.73. The lowest BCUT2D eigenvalue weighted by Gasteiger charge is -2.14. The molecule has 0 saturated carbocycles. The Labute approximate surface area is 134 Å². The largest absolute Gasteiger partial charge is 0.337 e. The Morgan fingerprint density at radius 1 is 1.26 bits per heavy atom.